The number of rotatable bonds is 2. The molecule has 2 fully saturated rings. The third-order valence-electron chi connectivity index (χ3n) is 5.84. The first-order valence-corrected chi connectivity index (χ1v) is 10.6. The van der Waals surface area contributed by atoms with Crippen molar-refractivity contribution < 1.29 is 14.0 Å². The zero-order chi connectivity index (χ0) is 20.3. The van der Waals surface area contributed by atoms with Gasteiger partial charge in [-0.25, -0.2) is 4.39 Å². The Kier molecular flexibility index (Phi) is 4.19. The molecule has 1 aromatic heterocycles. The van der Waals surface area contributed by atoms with Crippen LogP contribution in [0.5, 0.6) is 0 Å². The van der Waals surface area contributed by atoms with Crippen molar-refractivity contribution >= 4 is 44.8 Å². The maximum atomic E-state index is 13.7. The van der Waals surface area contributed by atoms with Gasteiger partial charge in [-0.15, -0.1) is 11.3 Å². The number of nitrogens with zero attached hydrogens (tertiary/aromatic N) is 1. The van der Waals surface area contributed by atoms with Crippen LogP contribution in [0.1, 0.15) is 28.1 Å². The lowest BCUT2D eigenvalue weighted by atomic mass is 9.88. The largest absolute Gasteiger partial charge is 0.347 e. The molecule has 3 aromatic rings. The van der Waals surface area contributed by atoms with Crippen molar-refractivity contribution in [1.82, 2.24) is 10.2 Å². The molecule has 2 amide bonds. The summed E-state index contributed by atoms with van der Waals surface area (Å²) >= 11 is 7.90. The highest BCUT2D eigenvalue weighted by atomic mass is 35.5. The molecule has 29 heavy (non-hydrogen) atoms. The van der Waals surface area contributed by atoms with Gasteiger partial charge in [0.1, 0.15) is 10.7 Å². The number of hydrogen-bond acceptors (Lipinski definition) is 3. The van der Waals surface area contributed by atoms with Gasteiger partial charge in [0.05, 0.1) is 10.6 Å². The van der Waals surface area contributed by atoms with Gasteiger partial charge in [-0.2, -0.15) is 0 Å². The summed E-state index contributed by atoms with van der Waals surface area (Å²) in [4.78, 5) is 26.7. The van der Waals surface area contributed by atoms with E-state index in [2.05, 4.69) is 5.32 Å². The summed E-state index contributed by atoms with van der Waals surface area (Å²) in [6, 6.07) is 10.5. The second-order valence-corrected chi connectivity index (χ2v) is 9.34. The first-order valence-electron chi connectivity index (χ1n) is 9.44. The fourth-order valence-electron chi connectivity index (χ4n) is 4.26. The number of likely N-dealkylation sites (tertiary alicyclic amines) is 1. The molecule has 7 heteroatoms. The van der Waals surface area contributed by atoms with Crippen molar-refractivity contribution in [2.24, 2.45) is 0 Å². The van der Waals surface area contributed by atoms with Crippen molar-refractivity contribution in [1.29, 1.82) is 0 Å². The summed E-state index contributed by atoms with van der Waals surface area (Å²) in [5.41, 5.74) is 2.45. The fraction of sp³-hybridized carbons (Fsp3) is 0.273. The van der Waals surface area contributed by atoms with Crippen LogP contribution in [0, 0.1) is 12.7 Å². The number of carbonyl (C=O) groups is 2. The molecule has 0 saturated carbocycles. The summed E-state index contributed by atoms with van der Waals surface area (Å²) in [7, 11) is 0. The molecule has 2 aliphatic heterocycles. The van der Waals surface area contributed by atoms with Crippen molar-refractivity contribution in [2.75, 3.05) is 13.1 Å². The molecular formula is C22H18ClFN2O2S. The first-order chi connectivity index (χ1) is 13.8. The Hall–Kier alpha value is -2.44. The molecule has 1 spiro atoms. The molecule has 3 heterocycles. The van der Waals surface area contributed by atoms with Crippen molar-refractivity contribution in [3.05, 3.63) is 57.7 Å². The van der Waals surface area contributed by atoms with E-state index in [1.165, 1.54) is 23.5 Å². The van der Waals surface area contributed by atoms with Gasteiger partial charge in [0.2, 0.25) is 5.91 Å². The first kappa shape index (κ1) is 18.6. The minimum absolute atomic E-state index is 0.0529. The van der Waals surface area contributed by atoms with Crippen molar-refractivity contribution in [3.63, 3.8) is 0 Å². The van der Waals surface area contributed by atoms with Crippen LogP contribution in [0.15, 0.2) is 36.4 Å². The number of hydrogen-bond donors (Lipinski definition) is 1. The van der Waals surface area contributed by atoms with Gasteiger partial charge in [-0.1, -0.05) is 29.8 Å². The van der Waals surface area contributed by atoms with E-state index in [1.807, 2.05) is 25.1 Å². The minimum Gasteiger partial charge on any atom is -0.347 e. The average Bonchev–Trinajstić information content (AvgIpc) is 3.22. The van der Waals surface area contributed by atoms with Gasteiger partial charge in [-0.3, -0.25) is 9.59 Å². The van der Waals surface area contributed by atoms with E-state index in [0.717, 1.165) is 33.2 Å². The summed E-state index contributed by atoms with van der Waals surface area (Å²) < 4.78 is 14.6. The molecule has 0 bridgehead atoms. The predicted molar refractivity (Wildman–Crippen MR) is 113 cm³/mol. The van der Waals surface area contributed by atoms with E-state index in [1.54, 1.807) is 11.0 Å². The van der Waals surface area contributed by atoms with Crippen LogP contribution < -0.4 is 5.32 Å². The van der Waals surface area contributed by atoms with Crippen LogP contribution in [0.25, 0.3) is 21.2 Å². The standard InChI is InChI=1S/C22H18ClFN2O2S/c1-12-2-4-14(24)9-16(12)13-3-5-15-17(8-13)29-20(19(15)23)21(28)26-10-22(11-26)7-6-18(27)25-22/h2-5,8-9H,6-7,10-11H2,1H3,(H,25,27). The van der Waals surface area contributed by atoms with E-state index in [4.69, 9.17) is 11.6 Å². The molecule has 1 N–H and O–H groups in total. The lowest BCUT2D eigenvalue weighted by Gasteiger charge is -2.47. The number of fused-ring (bicyclic) bond motifs is 1. The molecule has 2 aliphatic rings. The number of carbonyl (C=O) groups excluding carboxylic acids is 2. The normalized spacial score (nSPS) is 17.6. The van der Waals surface area contributed by atoms with Crippen molar-refractivity contribution in [3.8, 4) is 11.1 Å². The maximum Gasteiger partial charge on any atom is 0.265 e. The zero-order valence-corrected chi connectivity index (χ0v) is 17.3. The topological polar surface area (TPSA) is 49.4 Å². The second kappa shape index (κ2) is 6.54. The highest BCUT2D eigenvalue weighted by Crippen LogP contribution is 2.40. The molecule has 2 aromatic carbocycles. The van der Waals surface area contributed by atoms with E-state index in [0.29, 0.717) is 29.4 Å². The Bertz CT molecular complexity index is 1180. The monoisotopic (exact) mass is 428 g/mol. The maximum absolute atomic E-state index is 13.7. The quantitative estimate of drug-likeness (QED) is 0.639. The molecule has 0 unspecified atom stereocenters. The van der Waals surface area contributed by atoms with Gasteiger partial charge < -0.3 is 10.2 Å². The fourth-order valence-corrected chi connectivity index (χ4v) is 5.78. The van der Waals surface area contributed by atoms with Crippen molar-refractivity contribution in [2.45, 2.75) is 25.3 Å². The Morgan fingerprint density at radius 1 is 1.24 bits per heavy atom. The zero-order valence-electron chi connectivity index (χ0n) is 15.7. The molecule has 5 rings (SSSR count). The second-order valence-electron chi connectivity index (χ2n) is 7.91. The number of aryl methyl sites for hydroxylation is 1. The van der Waals surface area contributed by atoms with E-state index < -0.39 is 0 Å². The molecule has 4 nitrogen and oxygen atoms in total. The molecule has 0 atom stereocenters. The highest BCUT2D eigenvalue weighted by molar-refractivity contribution is 7.21. The molecule has 0 radical (unpaired) electrons. The number of benzene rings is 2. The van der Waals surface area contributed by atoms with E-state index in [-0.39, 0.29) is 23.2 Å². The van der Waals surface area contributed by atoms with E-state index in [9.17, 15) is 14.0 Å². The predicted octanol–water partition coefficient (Wildman–Crippen LogP) is 4.77. The SMILES string of the molecule is Cc1ccc(F)cc1-c1ccc2c(Cl)c(C(=O)N3CC4(CCC(=O)N4)C3)sc2c1. The Morgan fingerprint density at radius 3 is 2.76 bits per heavy atom. The third-order valence-corrected chi connectivity index (χ3v) is 7.49. The van der Waals surface area contributed by atoms with Gasteiger partial charge in [-0.05, 0) is 48.2 Å². The van der Waals surface area contributed by atoms with Gasteiger partial charge >= 0.3 is 0 Å². The van der Waals surface area contributed by atoms with Gasteiger partial charge in [0.15, 0.2) is 0 Å². The lowest BCUT2D eigenvalue weighted by molar-refractivity contribution is -0.120. The summed E-state index contributed by atoms with van der Waals surface area (Å²) in [5.74, 6) is -0.333. The number of nitrogens with one attached hydrogen (secondary N) is 1. The third kappa shape index (κ3) is 3.02. The molecule has 2 saturated heterocycles. The molecular weight excluding hydrogens is 411 g/mol. The van der Waals surface area contributed by atoms with Crippen LogP contribution in [0.3, 0.4) is 0 Å². The minimum atomic E-state index is -0.281. The Balaban J connectivity index is 1.45. The Labute approximate surface area is 176 Å². The number of amides is 2. The Morgan fingerprint density at radius 2 is 2.03 bits per heavy atom. The average molecular weight is 429 g/mol. The number of thiophene rings is 1. The van der Waals surface area contributed by atoms with E-state index >= 15 is 0 Å². The molecule has 0 aliphatic carbocycles. The summed E-state index contributed by atoms with van der Waals surface area (Å²) in [5, 5.41) is 4.26. The lowest BCUT2D eigenvalue weighted by Crippen LogP contribution is -2.68. The van der Waals surface area contributed by atoms with Gasteiger partial charge in [0, 0.05) is 29.6 Å². The van der Waals surface area contributed by atoms with Crippen LogP contribution in [-0.2, 0) is 4.79 Å². The number of halogens is 2. The van der Waals surface area contributed by atoms with Gasteiger partial charge in [0.25, 0.3) is 5.91 Å². The van der Waals surface area contributed by atoms with Crippen LogP contribution in [-0.4, -0.2) is 35.3 Å². The molecule has 148 valence electrons. The smallest absolute Gasteiger partial charge is 0.265 e. The van der Waals surface area contributed by atoms with Crippen LogP contribution in [0.4, 0.5) is 4.39 Å². The highest BCUT2D eigenvalue weighted by Gasteiger charge is 2.49. The van der Waals surface area contributed by atoms with Crippen LogP contribution in [0.2, 0.25) is 5.02 Å². The summed E-state index contributed by atoms with van der Waals surface area (Å²) in [6.07, 6.45) is 1.29. The summed E-state index contributed by atoms with van der Waals surface area (Å²) in [6.45, 7) is 2.99. The van der Waals surface area contributed by atoms with Crippen LogP contribution >= 0.6 is 22.9 Å².